The summed E-state index contributed by atoms with van der Waals surface area (Å²) in [6.07, 6.45) is 24.0. The minimum Gasteiger partial charge on any atom is -0.356 e. The van der Waals surface area contributed by atoms with E-state index in [0.29, 0.717) is 0 Å². The van der Waals surface area contributed by atoms with Gasteiger partial charge in [-0.3, -0.25) is 25.1 Å². The van der Waals surface area contributed by atoms with E-state index in [1.165, 1.54) is 38.5 Å². The molecule has 2 aliphatic rings. The molecule has 0 spiro atoms. The predicted molar refractivity (Wildman–Crippen MR) is 259 cm³/mol. The Morgan fingerprint density at radius 2 is 1.30 bits per heavy atom. The largest absolute Gasteiger partial charge is 0.356 e. The summed E-state index contributed by atoms with van der Waals surface area (Å²) < 4.78 is 0. The summed E-state index contributed by atoms with van der Waals surface area (Å²) in [6.45, 7) is 16.6. The van der Waals surface area contributed by atoms with Crippen LogP contribution in [0.25, 0.3) is 85.1 Å². The number of rotatable bonds is 7. The summed E-state index contributed by atoms with van der Waals surface area (Å²) >= 11 is 0. The highest BCUT2D eigenvalue weighted by Gasteiger charge is 2.20. The third kappa shape index (κ3) is 8.63. The van der Waals surface area contributed by atoms with Crippen LogP contribution in [0.1, 0.15) is 70.6 Å². The first-order valence-electron chi connectivity index (χ1n) is 22.4. The van der Waals surface area contributed by atoms with Gasteiger partial charge in [0.2, 0.25) is 0 Å². The first-order chi connectivity index (χ1) is 31.5. The van der Waals surface area contributed by atoms with E-state index in [1.807, 2.05) is 88.9 Å². The van der Waals surface area contributed by atoms with Gasteiger partial charge in [0.1, 0.15) is 28.5 Å². The van der Waals surface area contributed by atoms with Crippen molar-refractivity contribution in [2.75, 3.05) is 36.0 Å². The molecule has 14 nitrogen and oxygen atoms in total. The fourth-order valence-corrected chi connectivity index (χ4v) is 8.53. The number of hydrogen-bond acceptors (Lipinski definition) is 10. The van der Waals surface area contributed by atoms with Crippen LogP contribution in [-0.2, 0) is 0 Å². The molecule has 2 saturated heterocycles. The van der Waals surface area contributed by atoms with E-state index in [0.717, 1.165) is 132 Å². The van der Waals surface area contributed by atoms with Gasteiger partial charge in [-0.1, -0.05) is 26.5 Å². The Hall–Kier alpha value is -7.48. The van der Waals surface area contributed by atoms with Crippen molar-refractivity contribution in [3.8, 4) is 34.0 Å². The number of nitrogens with zero attached hydrogens (tertiary/aromatic N) is 10. The molecule has 0 unspecified atom stereocenters. The summed E-state index contributed by atoms with van der Waals surface area (Å²) in [5, 5.41) is 19.3. The molecule has 2 fully saturated rings. The van der Waals surface area contributed by atoms with Crippen molar-refractivity contribution >= 4 is 62.7 Å². The number of fused-ring (bicyclic) bond motifs is 3. The van der Waals surface area contributed by atoms with E-state index < -0.39 is 0 Å². The van der Waals surface area contributed by atoms with E-state index in [2.05, 4.69) is 84.9 Å². The molecular formula is C50H54N14. The van der Waals surface area contributed by atoms with Crippen molar-refractivity contribution < 1.29 is 0 Å². The standard InChI is InChI=1S/C24H23N7.C24H25N7.C2H6/c1-15-11-16(14-25-13-15)18-5-6-20-22(28-18)23(30-29-20)21-12-17-19(27-21)7-8-26-24(17)31-9-3-2-4-10-31;1-16(22-15-25-10-11-26-22)6-7-19-17(2)23(30-29-19)21-14-18-20(28-21)8-9-27-24(18)31-12-4-3-5-13-31;1-2/h5-8,11-14,27H,2-4,9-10H2,1H3,(H,29,30);6-11,14-15,28-29H,2-5,12-13H2,1H3;1-2H3/b;16-6+,19-7+;. The van der Waals surface area contributed by atoms with Crippen LogP contribution >= 0.6 is 0 Å². The van der Waals surface area contributed by atoms with Gasteiger partial charge in [0.15, 0.2) is 0 Å². The molecule has 64 heavy (non-hydrogen) atoms. The second-order valence-electron chi connectivity index (χ2n) is 16.1. The van der Waals surface area contributed by atoms with Crippen LogP contribution in [0.3, 0.4) is 0 Å². The molecule has 0 aliphatic carbocycles. The highest BCUT2D eigenvalue weighted by Crippen LogP contribution is 2.34. The Labute approximate surface area is 371 Å². The first-order valence-corrected chi connectivity index (χ1v) is 22.4. The van der Waals surface area contributed by atoms with Crippen LogP contribution < -0.4 is 20.4 Å². The molecule has 0 amide bonds. The molecule has 11 rings (SSSR count). The lowest BCUT2D eigenvalue weighted by atomic mass is 10.1. The Balaban J connectivity index is 0.000000156. The van der Waals surface area contributed by atoms with Crippen molar-refractivity contribution in [3.05, 3.63) is 114 Å². The van der Waals surface area contributed by atoms with Crippen LogP contribution in [0.4, 0.5) is 11.6 Å². The molecule has 0 bridgehead atoms. The average molecular weight is 851 g/mol. The van der Waals surface area contributed by atoms with Gasteiger partial charge >= 0.3 is 0 Å². The van der Waals surface area contributed by atoms with Gasteiger partial charge in [-0.25, -0.2) is 15.0 Å². The fourth-order valence-electron chi connectivity index (χ4n) is 8.53. The zero-order valence-corrected chi connectivity index (χ0v) is 37.0. The Morgan fingerprint density at radius 1 is 0.656 bits per heavy atom. The molecule has 0 aromatic carbocycles. The molecule has 324 valence electrons. The van der Waals surface area contributed by atoms with Crippen LogP contribution in [0, 0.1) is 6.92 Å². The number of aromatic amines is 4. The maximum Gasteiger partial charge on any atom is 0.137 e. The minimum atomic E-state index is 0.817. The zero-order valence-electron chi connectivity index (χ0n) is 37.0. The first kappa shape index (κ1) is 41.9. The van der Waals surface area contributed by atoms with Gasteiger partial charge < -0.3 is 19.8 Å². The summed E-state index contributed by atoms with van der Waals surface area (Å²) in [7, 11) is 0. The summed E-state index contributed by atoms with van der Waals surface area (Å²) in [5.41, 5.74) is 12.3. The lowest BCUT2D eigenvalue weighted by molar-refractivity contribution is 0.575. The molecule has 4 N–H and O–H groups in total. The van der Waals surface area contributed by atoms with E-state index in [-0.39, 0.29) is 0 Å². The molecule has 14 heteroatoms. The number of aryl methyl sites for hydroxylation is 1. The number of allylic oxidation sites excluding steroid dienone is 2. The van der Waals surface area contributed by atoms with Crippen molar-refractivity contribution in [2.24, 2.45) is 0 Å². The third-order valence-corrected chi connectivity index (χ3v) is 11.8. The number of H-pyrrole nitrogens is 4. The van der Waals surface area contributed by atoms with E-state index >= 15 is 0 Å². The van der Waals surface area contributed by atoms with Crippen molar-refractivity contribution in [3.63, 3.8) is 0 Å². The third-order valence-electron chi connectivity index (χ3n) is 11.8. The van der Waals surface area contributed by atoms with Gasteiger partial charge in [-0.05, 0) is 112 Å². The number of anilines is 2. The summed E-state index contributed by atoms with van der Waals surface area (Å²) in [6, 6.07) is 14.5. The molecule has 9 aromatic heterocycles. The van der Waals surface area contributed by atoms with E-state index in [4.69, 9.17) is 9.97 Å². The second-order valence-corrected chi connectivity index (χ2v) is 16.1. The normalized spacial score (nSPS) is 14.8. The van der Waals surface area contributed by atoms with Gasteiger partial charge in [-0.2, -0.15) is 10.2 Å². The number of piperidine rings is 2. The van der Waals surface area contributed by atoms with Gasteiger partial charge in [0.05, 0.1) is 50.9 Å². The average Bonchev–Trinajstić information content (AvgIpc) is 4.17. The topological polar surface area (TPSA) is 173 Å². The van der Waals surface area contributed by atoms with Gasteiger partial charge in [-0.15, -0.1) is 0 Å². The molecule has 0 saturated carbocycles. The summed E-state index contributed by atoms with van der Waals surface area (Å²) in [5.74, 6) is 2.11. The number of aromatic nitrogens is 12. The monoisotopic (exact) mass is 850 g/mol. The van der Waals surface area contributed by atoms with Gasteiger partial charge in [0, 0.05) is 84.9 Å². The van der Waals surface area contributed by atoms with Crippen molar-refractivity contribution in [1.82, 2.24) is 60.3 Å². The minimum absolute atomic E-state index is 0.817. The van der Waals surface area contributed by atoms with E-state index in [1.54, 1.807) is 18.6 Å². The lowest BCUT2D eigenvalue weighted by Gasteiger charge is -2.28. The smallest absolute Gasteiger partial charge is 0.137 e. The molecule has 0 radical (unpaired) electrons. The van der Waals surface area contributed by atoms with Crippen LogP contribution in [0.5, 0.6) is 0 Å². The predicted octanol–water partition coefficient (Wildman–Crippen LogP) is 8.92. The molecule has 9 aromatic rings. The quantitative estimate of drug-likeness (QED) is 0.121. The molecule has 11 heterocycles. The molecular weight excluding hydrogens is 797 g/mol. The summed E-state index contributed by atoms with van der Waals surface area (Å²) in [4.78, 5) is 38.9. The fraction of sp³-hybridized carbons (Fsp3) is 0.280. The van der Waals surface area contributed by atoms with Gasteiger partial charge in [0.25, 0.3) is 0 Å². The Bertz CT molecular complexity index is 3160. The Kier molecular flexibility index (Phi) is 12.3. The second kappa shape index (κ2) is 18.9. The lowest BCUT2D eigenvalue weighted by Crippen LogP contribution is -2.30. The van der Waals surface area contributed by atoms with Crippen molar-refractivity contribution in [1.29, 1.82) is 0 Å². The van der Waals surface area contributed by atoms with Crippen molar-refractivity contribution in [2.45, 2.75) is 66.2 Å². The Morgan fingerprint density at radius 3 is 1.92 bits per heavy atom. The maximum atomic E-state index is 4.93. The number of nitrogens with one attached hydrogen (secondary N) is 4. The maximum absolute atomic E-state index is 4.93. The van der Waals surface area contributed by atoms with Crippen LogP contribution in [-0.4, -0.2) is 86.4 Å². The van der Waals surface area contributed by atoms with Crippen LogP contribution in [0.15, 0.2) is 91.9 Å². The molecule has 2 aliphatic heterocycles. The highest BCUT2D eigenvalue weighted by molar-refractivity contribution is 5.98. The zero-order chi connectivity index (χ0) is 44.0. The van der Waals surface area contributed by atoms with E-state index in [9.17, 15) is 0 Å². The number of pyridine rings is 4. The number of hydrogen-bond donors (Lipinski definition) is 4. The highest BCUT2D eigenvalue weighted by atomic mass is 15.2. The molecule has 0 atom stereocenters. The van der Waals surface area contributed by atoms with Crippen LogP contribution in [0.2, 0.25) is 0 Å². The SMILES string of the molecule is C=c1c(-c2cc3c(N4CCCCC4)nccc3[nH]2)n[nH]/c1=C/C=C(\C)c1cnccn1.CC.Cc1cncc(-c2ccc3[nH]nc(-c4cc5c(N6CCCCC6)nccc5[nH]4)c3n2)c1.